The number of aromatic nitrogens is 1. The number of nitrogens with zero attached hydrogens (tertiary/aromatic N) is 3. The van der Waals surface area contributed by atoms with Gasteiger partial charge in [0.25, 0.3) is 5.19 Å². The van der Waals surface area contributed by atoms with Crippen LogP contribution >= 0.6 is 11.3 Å². The molecule has 1 saturated heterocycles. The fourth-order valence-electron chi connectivity index (χ4n) is 2.97. The topological polar surface area (TPSA) is 48.8 Å². The Bertz CT molecular complexity index is 793. The van der Waals surface area contributed by atoms with E-state index in [1.807, 2.05) is 30.3 Å². The molecule has 6 heteroatoms. The van der Waals surface area contributed by atoms with E-state index in [2.05, 4.69) is 28.1 Å². The zero-order valence-electron chi connectivity index (χ0n) is 14.0. The van der Waals surface area contributed by atoms with Gasteiger partial charge in [0.05, 0.1) is 10.2 Å². The van der Waals surface area contributed by atoms with Gasteiger partial charge in [0.15, 0.2) is 0 Å². The van der Waals surface area contributed by atoms with Gasteiger partial charge < -0.3 is 14.8 Å². The number of ether oxygens (including phenoxy) is 1. The first kappa shape index (κ1) is 16.5. The van der Waals surface area contributed by atoms with Crippen LogP contribution < -0.4 is 4.74 Å². The molecule has 1 aliphatic rings. The van der Waals surface area contributed by atoms with Crippen LogP contribution in [0.1, 0.15) is 5.56 Å². The number of hydroxylamine groups is 2. The smallest absolute Gasteiger partial charge is 0.279 e. The molecule has 1 fully saturated rings. The predicted octanol–water partition coefficient (Wildman–Crippen LogP) is 3.64. The van der Waals surface area contributed by atoms with E-state index in [1.54, 1.807) is 11.3 Å². The summed E-state index contributed by atoms with van der Waals surface area (Å²) in [6, 6.07) is 16.3. The second kappa shape index (κ2) is 7.49. The lowest BCUT2D eigenvalue weighted by Gasteiger charge is -2.30. The number of benzene rings is 2. The molecule has 2 heterocycles. The maximum Gasteiger partial charge on any atom is 0.279 e. The van der Waals surface area contributed by atoms with Crippen LogP contribution in [-0.2, 0) is 6.42 Å². The lowest BCUT2D eigenvalue weighted by Crippen LogP contribution is -2.45. The molecule has 0 saturated carbocycles. The van der Waals surface area contributed by atoms with E-state index in [0.717, 1.165) is 55.1 Å². The van der Waals surface area contributed by atoms with Crippen LogP contribution in [0.25, 0.3) is 10.2 Å². The van der Waals surface area contributed by atoms with E-state index in [1.165, 1.54) is 10.6 Å². The predicted molar refractivity (Wildman–Crippen MR) is 99.6 cm³/mol. The first-order chi connectivity index (χ1) is 12.3. The number of fused-ring (bicyclic) bond motifs is 1. The molecule has 0 spiro atoms. The standard InChI is InChI=1S/C19H21N3O2S/c23-22-13-11-21(12-14-22)10-9-15-5-7-16(8-6-15)24-19-20-17-3-1-2-4-18(17)25-19/h1-8,23H,9-14H2. The Morgan fingerprint density at radius 2 is 1.76 bits per heavy atom. The van der Waals surface area contributed by atoms with Gasteiger partial charge in [-0.25, -0.2) is 4.98 Å². The SMILES string of the molecule is ON1CCN(CCc2ccc(Oc3nc4ccccc4s3)cc2)CC1. The Morgan fingerprint density at radius 1 is 1.00 bits per heavy atom. The summed E-state index contributed by atoms with van der Waals surface area (Å²) in [5.74, 6) is 0.816. The molecule has 0 radical (unpaired) electrons. The van der Waals surface area contributed by atoms with Crippen molar-refractivity contribution in [1.29, 1.82) is 0 Å². The zero-order chi connectivity index (χ0) is 17.1. The van der Waals surface area contributed by atoms with Crippen molar-refractivity contribution in [1.82, 2.24) is 14.9 Å². The third-order valence-corrected chi connectivity index (χ3v) is 5.38. The quantitative estimate of drug-likeness (QED) is 0.757. The van der Waals surface area contributed by atoms with Crippen LogP contribution in [0.3, 0.4) is 0 Å². The van der Waals surface area contributed by atoms with Crippen molar-refractivity contribution in [3.63, 3.8) is 0 Å². The van der Waals surface area contributed by atoms with Gasteiger partial charge in [-0.1, -0.05) is 35.6 Å². The Morgan fingerprint density at radius 3 is 2.52 bits per heavy atom. The second-order valence-electron chi connectivity index (χ2n) is 6.24. The lowest BCUT2D eigenvalue weighted by atomic mass is 10.1. The molecule has 5 nitrogen and oxygen atoms in total. The van der Waals surface area contributed by atoms with Crippen LogP contribution in [0, 0.1) is 0 Å². The summed E-state index contributed by atoms with van der Waals surface area (Å²) in [6.45, 7) is 4.33. The van der Waals surface area contributed by atoms with E-state index in [4.69, 9.17) is 4.74 Å². The van der Waals surface area contributed by atoms with Crippen LogP contribution in [0.4, 0.5) is 0 Å². The molecule has 1 aliphatic heterocycles. The van der Waals surface area contributed by atoms with Crippen LogP contribution in [0.5, 0.6) is 10.9 Å². The van der Waals surface area contributed by atoms with Crippen molar-refractivity contribution in [2.75, 3.05) is 32.7 Å². The van der Waals surface area contributed by atoms with Crippen LogP contribution in [-0.4, -0.2) is 52.9 Å². The van der Waals surface area contributed by atoms with Crippen molar-refractivity contribution in [3.05, 3.63) is 54.1 Å². The highest BCUT2D eigenvalue weighted by atomic mass is 32.1. The Balaban J connectivity index is 1.33. The van der Waals surface area contributed by atoms with Crippen molar-refractivity contribution in [2.45, 2.75) is 6.42 Å². The fraction of sp³-hybridized carbons (Fsp3) is 0.316. The molecule has 2 aromatic carbocycles. The third kappa shape index (κ3) is 4.16. The zero-order valence-corrected chi connectivity index (χ0v) is 14.8. The Hall–Kier alpha value is -1.99. The highest BCUT2D eigenvalue weighted by molar-refractivity contribution is 7.20. The third-order valence-electron chi connectivity index (χ3n) is 4.47. The van der Waals surface area contributed by atoms with Crippen LogP contribution in [0.15, 0.2) is 48.5 Å². The van der Waals surface area contributed by atoms with E-state index >= 15 is 0 Å². The average Bonchev–Trinajstić information content (AvgIpc) is 3.05. The van der Waals surface area contributed by atoms with Crippen molar-refractivity contribution < 1.29 is 9.94 Å². The highest BCUT2D eigenvalue weighted by Gasteiger charge is 2.14. The summed E-state index contributed by atoms with van der Waals surface area (Å²) in [7, 11) is 0. The van der Waals surface area contributed by atoms with Gasteiger partial charge >= 0.3 is 0 Å². The lowest BCUT2D eigenvalue weighted by molar-refractivity contribution is -0.117. The molecule has 0 bridgehead atoms. The summed E-state index contributed by atoms with van der Waals surface area (Å²) >= 11 is 1.56. The highest BCUT2D eigenvalue weighted by Crippen LogP contribution is 2.31. The van der Waals surface area contributed by atoms with Gasteiger partial charge in [0.1, 0.15) is 5.75 Å². The second-order valence-corrected chi connectivity index (χ2v) is 7.23. The minimum absolute atomic E-state index is 0.677. The molecule has 3 aromatic rings. The molecule has 25 heavy (non-hydrogen) atoms. The number of hydrogen-bond donors (Lipinski definition) is 1. The van der Waals surface area contributed by atoms with Gasteiger partial charge in [0, 0.05) is 32.7 Å². The van der Waals surface area contributed by atoms with Crippen LogP contribution in [0.2, 0.25) is 0 Å². The van der Waals surface area contributed by atoms with Gasteiger partial charge in [0.2, 0.25) is 0 Å². The number of hydrogen-bond acceptors (Lipinski definition) is 6. The first-order valence-corrected chi connectivity index (χ1v) is 9.36. The summed E-state index contributed by atoms with van der Waals surface area (Å²) < 4.78 is 7.02. The van der Waals surface area contributed by atoms with E-state index in [9.17, 15) is 5.21 Å². The number of thiazole rings is 1. The van der Waals surface area contributed by atoms with Gasteiger partial charge in [-0.05, 0) is 36.2 Å². The molecule has 4 rings (SSSR count). The molecule has 0 atom stereocenters. The molecule has 1 N–H and O–H groups in total. The largest absolute Gasteiger partial charge is 0.431 e. The maximum atomic E-state index is 9.40. The monoisotopic (exact) mass is 355 g/mol. The summed E-state index contributed by atoms with van der Waals surface area (Å²) in [6.07, 6.45) is 1.01. The Labute approximate surface area is 151 Å². The van der Waals surface area contributed by atoms with Crippen molar-refractivity contribution in [3.8, 4) is 10.9 Å². The minimum Gasteiger partial charge on any atom is -0.431 e. The number of piperazine rings is 1. The number of para-hydroxylation sites is 1. The minimum atomic E-state index is 0.677. The maximum absolute atomic E-state index is 9.40. The van der Waals surface area contributed by atoms with Gasteiger partial charge in [-0.2, -0.15) is 5.06 Å². The molecule has 1 aromatic heterocycles. The van der Waals surface area contributed by atoms with Gasteiger partial charge in [-0.15, -0.1) is 0 Å². The summed E-state index contributed by atoms with van der Waals surface area (Å²) in [5.41, 5.74) is 2.27. The Kier molecular flexibility index (Phi) is 4.94. The van der Waals surface area contributed by atoms with E-state index < -0.39 is 0 Å². The van der Waals surface area contributed by atoms with E-state index in [0.29, 0.717) is 5.19 Å². The van der Waals surface area contributed by atoms with Crippen molar-refractivity contribution in [2.24, 2.45) is 0 Å². The molecule has 0 aliphatic carbocycles. The fourth-order valence-corrected chi connectivity index (χ4v) is 3.80. The molecule has 0 unspecified atom stereocenters. The van der Waals surface area contributed by atoms with Gasteiger partial charge in [-0.3, -0.25) is 0 Å². The first-order valence-electron chi connectivity index (χ1n) is 8.55. The van der Waals surface area contributed by atoms with E-state index in [-0.39, 0.29) is 0 Å². The molecule has 0 amide bonds. The molecule has 130 valence electrons. The van der Waals surface area contributed by atoms with Crippen molar-refractivity contribution >= 4 is 21.6 Å². The summed E-state index contributed by atoms with van der Waals surface area (Å²) in [5, 5.41) is 11.5. The number of rotatable bonds is 5. The average molecular weight is 355 g/mol. The summed E-state index contributed by atoms with van der Waals surface area (Å²) in [4.78, 5) is 6.89. The molecular weight excluding hydrogens is 334 g/mol. The normalized spacial score (nSPS) is 16.4. The molecular formula is C19H21N3O2S.